The zero-order valence-electron chi connectivity index (χ0n) is 12.5. The molecule has 0 aliphatic heterocycles. The first-order chi connectivity index (χ1) is 8.91. The summed E-state index contributed by atoms with van der Waals surface area (Å²) in [7, 11) is 1.72. The first-order valence-electron chi connectivity index (χ1n) is 7.25. The van der Waals surface area contributed by atoms with Crippen molar-refractivity contribution in [3.05, 3.63) is 34.9 Å². The van der Waals surface area contributed by atoms with Gasteiger partial charge in [-0.05, 0) is 47.3 Å². The molecule has 1 aliphatic carbocycles. The fourth-order valence-corrected chi connectivity index (χ4v) is 2.90. The number of nitrogens with one attached hydrogen (secondary N) is 1. The van der Waals surface area contributed by atoms with Gasteiger partial charge in [0.25, 0.3) is 0 Å². The average molecular weight is 259 g/mol. The molecule has 0 saturated carbocycles. The van der Waals surface area contributed by atoms with Crippen LogP contribution in [0.2, 0.25) is 0 Å². The second-order valence-corrected chi connectivity index (χ2v) is 6.63. The Balaban J connectivity index is 2.33. The van der Waals surface area contributed by atoms with E-state index >= 15 is 0 Å². The molecule has 1 atom stereocenters. The van der Waals surface area contributed by atoms with E-state index in [1.165, 1.54) is 23.1 Å². The van der Waals surface area contributed by atoms with Gasteiger partial charge in [-0.1, -0.05) is 39.0 Å². The van der Waals surface area contributed by atoms with Crippen molar-refractivity contribution in [2.24, 2.45) is 0 Å². The topological polar surface area (TPSA) is 29.1 Å². The monoisotopic (exact) mass is 259 g/mol. The maximum atomic E-state index is 11.7. The molecular weight excluding hydrogens is 234 g/mol. The molecule has 0 saturated heterocycles. The lowest BCUT2D eigenvalue weighted by atomic mass is 9.77. The summed E-state index contributed by atoms with van der Waals surface area (Å²) in [5.41, 5.74) is 4.38. The first-order valence-corrected chi connectivity index (χ1v) is 7.25. The molecule has 1 aliphatic rings. The highest BCUT2D eigenvalue weighted by Crippen LogP contribution is 2.36. The summed E-state index contributed by atoms with van der Waals surface area (Å²) in [6.07, 6.45) is 4.11. The lowest BCUT2D eigenvalue weighted by Gasteiger charge is -2.28. The SMILES string of the molecule is CNC(=O)CC1CCCc2ccc(C(C)(C)C)cc21. The molecule has 0 aromatic heterocycles. The Hall–Kier alpha value is -1.31. The third-order valence-corrected chi connectivity index (χ3v) is 4.16. The summed E-state index contributed by atoms with van der Waals surface area (Å²) in [6, 6.07) is 6.86. The van der Waals surface area contributed by atoms with Gasteiger partial charge in [-0.15, -0.1) is 0 Å². The van der Waals surface area contributed by atoms with Gasteiger partial charge >= 0.3 is 0 Å². The van der Waals surface area contributed by atoms with Gasteiger partial charge in [0.2, 0.25) is 5.91 Å². The highest BCUT2D eigenvalue weighted by atomic mass is 16.1. The van der Waals surface area contributed by atoms with E-state index < -0.39 is 0 Å². The normalized spacial score (nSPS) is 18.8. The number of fused-ring (bicyclic) bond motifs is 1. The number of hydrogen-bond acceptors (Lipinski definition) is 1. The number of aryl methyl sites for hydroxylation is 1. The van der Waals surface area contributed by atoms with Crippen molar-refractivity contribution in [3.63, 3.8) is 0 Å². The molecule has 2 nitrogen and oxygen atoms in total. The minimum Gasteiger partial charge on any atom is -0.359 e. The third kappa shape index (κ3) is 3.17. The van der Waals surface area contributed by atoms with Gasteiger partial charge in [0.1, 0.15) is 0 Å². The number of amides is 1. The van der Waals surface area contributed by atoms with Crippen LogP contribution < -0.4 is 5.32 Å². The van der Waals surface area contributed by atoms with Crippen LogP contribution in [0.4, 0.5) is 0 Å². The van der Waals surface area contributed by atoms with Gasteiger partial charge in [-0.2, -0.15) is 0 Å². The van der Waals surface area contributed by atoms with Crippen LogP contribution in [-0.2, 0) is 16.6 Å². The summed E-state index contributed by atoms with van der Waals surface area (Å²) in [5.74, 6) is 0.546. The van der Waals surface area contributed by atoms with Crippen LogP contribution in [-0.4, -0.2) is 13.0 Å². The summed E-state index contributed by atoms with van der Waals surface area (Å²) >= 11 is 0. The van der Waals surface area contributed by atoms with Crippen LogP contribution in [0.5, 0.6) is 0 Å². The van der Waals surface area contributed by atoms with Crippen molar-refractivity contribution in [2.75, 3.05) is 7.05 Å². The fourth-order valence-electron chi connectivity index (χ4n) is 2.90. The zero-order valence-corrected chi connectivity index (χ0v) is 12.5. The Morgan fingerprint density at radius 1 is 1.37 bits per heavy atom. The van der Waals surface area contributed by atoms with Gasteiger partial charge in [0.05, 0.1) is 0 Å². The van der Waals surface area contributed by atoms with Crippen LogP contribution in [0.1, 0.15) is 62.6 Å². The lowest BCUT2D eigenvalue weighted by Crippen LogP contribution is -2.23. The molecule has 2 heteroatoms. The van der Waals surface area contributed by atoms with E-state index in [2.05, 4.69) is 44.3 Å². The van der Waals surface area contributed by atoms with Gasteiger partial charge < -0.3 is 5.32 Å². The van der Waals surface area contributed by atoms with E-state index in [-0.39, 0.29) is 11.3 Å². The van der Waals surface area contributed by atoms with Crippen molar-refractivity contribution in [2.45, 2.75) is 57.8 Å². The number of hydrogen-bond donors (Lipinski definition) is 1. The van der Waals surface area contributed by atoms with E-state index in [4.69, 9.17) is 0 Å². The number of carbonyl (C=O) groups is 1. The summed E-state index contributed by atoms with van der Waals surface area (Å²) < 4.78 is 0. The number of rotatable bonds is 2. The average Bonchev–Trinajstić information content (AvgIpc) is 2.37. The molecule has 2 rings (SSSR count). The summed E-state index contributed by atoms with van der Waals surface area (Å²) in [5, 5.41) is 2.75. The van der Waals surface area contributed by atoms with E-state index in [1.807, 2.05) is 0 Å². The minimum atomic E-state index is 0.152. The molecule has 1 N–H and O–H groups in total. The highest BCUT2D eigenvalue weighted by Gasteiger charge is 2.24. The van der Waals surface area contributed by atoms with E-state index in [0.717, 1.165) is 12.8 Å². The fraction of sp³-hybridized carbons (Fsp3) is 0.588. The molecular formula is C17H25NO. The summed E-state index contributed by atoms with van der Waals surface area (Å²) in [4.78, 5) is 11.7. The van der Waals surface area contributed by atoms with Crippen molar-refractivity contribution in [1.82, 2.24) is 5.32 Å². The van der Waals surface area contributed by atoms with Crippen molar-refractivity contribution >= 4 is 5.91 Å². The Bertz CT molecular complexity index is 471. The summed E-state index contributed by atoms with van der Waals surface area (Å²) in [6.45, 7) is 6.72. The standard InChI is InChI=1S/C17H25NO/c1-17(2,3)14-9-8-12-6-5-7-13(15(12)11-14)10-16(19)18-4/h8-9,11,13H,5-7,10H2,1-4H3,(H,18,19). The Kier molecular flexibility index (Phi) is 3.98. The first kappa shape index (κ1) is 14.1. The molecule has 1 aromatic carbocycles. The predicted molar refractivity (Wildman–Crippen MR) is 79.5 cm³/mol. The van der Waals surface area contributed by atoms with Crippen molar-refractivity contribution in [3.8, 4) is 0 Å². The van der Waals surface area contributed by atoms with Crippen molar-refractivity contribution < 1.29 is 4.79 Å². The quantitative estimate of drug-likeness (QED) is 0.864. The maximum absolute atomic E-state index is 11.7. The van der Waals surface area contributed by atoms with Crippen LogP contribution in [0.15, 0.2) is 18.2 Å². The Morgan fingerprint density at radius 3 is 2.74 bits per heavy atom. The molecule has 19 heavy (non-hydrogen) atoms. The molecule has 0 radical (unpaired) electrons. The molecule has 1 amide bonds. The van der Waals surface area contributed by atoms with Gasteiger partial charge in [0.15, 0.2) is 0 Å². The van der Waals surface area contributed by atoms with Crippen LogP contribution >= 0.6 is 0 Å². The van der Waals surface area contributed by atoms with E-state index in [0.29, 0.717) is 12.3 Å². The van der Waals surface area contributed by atoms with Crippen LogP contribution in [0.25, 0.3) is 0 Å². The van der Waals surface area contributed by atoms with Crippen molar-refractivity contribution in [1.29, 1.82) is 0 Å². The second-order valence-electron chi connectivity index (χ2n) is 6.63. The molecule has 0 spiro atoms. The molecule has 0 bridgehead atoms. The predicted octanol–water partition coefficient (Wildman–Crippen LogP) is 3.54. The van der Waals surface area contributed by atoms with Gasteiger partial charge in [-0.25, -0.2) is 0 Å². The van der Waals surface area contributed by atoms with Crippen LogP contribution in [0, 0.1) is 0 Å². The Morgan fingerprint density at radius 2 is 2.11 bits per heavy atom. The molecule has 1 aromatic rings. The molecule has 104 valence electrons. The lowest BCUT2D eigenvalue weighted by molar-refractivity contribution is -0.121. The second kappa shape index (κ2) is 5.36. The Labute approximate surface area is 116 Å². The van der Waals surface area contributed by atoms with Gasteiger partial charge in [0, 0.05) is 13.5 Å². The van der Waals surface area contributed by atoms with E-state index in [9.17, 15) is 4.79 Å². The molecule has 0 heterocycles. The highest BCUT2D eigenvalue weighted by molar-refractivity contribution is 5.76. The number of benzene rings is 1. The minimum absolute atomic E-state index is 0.152. The number of carbonyl (C=O) groups excluding carboxylic acids is 1. The van der Waals surface area contributed by atoms with Gasteiger partial charge in [-0.3, -0.25) is 4.79 Å². The largest absolute Gasteiger partial charge is 0.359 e. The molecule has 1 unspecified atom stereocenters. The maximum Gasteiger partial charge on any atom is 0.220 e. The molecule has 0 fully saturated rings. The third-order valence-electron chi connectivity index (χ3n) is 4.16. The zero-order chi connectivity index (χ0) is 14.0. The smallest absolute Gasteiger partial charge is 0.220 e. The van der Waals surface area contributed by atoms with E-state index in [1.54, 1.807) is 7.05 Å². The van der Waals surface area contributed by atoms with Crippen LogP contribution in [0.3, 0.4) is 0 Å².